The van der Waals surface area contributed by atoms with Crippen LogP contribution in [0.5, 0.6) is 0 Å². The number of rotatable bonds is 5. The van der Waals surface area contributed by atoms with Gasteiger partial charge in [0.1, 0.15) is 0 Å². The van der Waals surface area contributed by atoms with Gasteiger partial charge in [-0.25, -0.2) is 0 Å². The highest BCUT2D eigenvalue weighted by Crippen LogP contribution is 2.16. The molecule has 0 aromatic heterocycles. The first-order chi connectivity index (χ1) is 6.74. The van der Waals surface area contributed by atoms with Crippen molar-refractivity contribution in [2.24, 2.45) is 0 Å². The molecular weight excluding hydrogens is 242 g/mol. The van der Waals surface area contributed by atoms with Gasteiger partial charge in [-0.3, -0.25) is 0 Å². The second-order valence-electron chi connectivity index (χ2n) is 4.23. The third-order valence-electron chi connectivity index (χ3n) is 2.88. The van der Waals surface area contributed by atoms with E-state index in [0.29, 0.717) is 0 Å². The van der Waals surface area contributed by atoms with Gasteiger partial charge in [-0.1, -0.05) is 35.7 Å². The Morgan fingerprint density at radius 1 is 1.29 bits per heavy atom. The van der Waals surface area contributed by atoms with Gasteiger partial charge in [0.15, 0.2) is 0 Å². The van der Waals surface area contributed by atoms with Gasteiger partial charge in [0.2, 0.25) is 0 Å². The van der Waals surface area contributed by atoms with E-state index in [1.165, 1.54) is 32.4 Å². The molecule has 1 aliphatic heterocycles. The standard InChI is InChI=1S/C11H22BrNO/c1-2-6-11(14)10(12)9-13-7-4-3-5-8-13/h10-11,14H,2-9H2,1H3/t10-,11+/m0/s1. The van der Waals surface area contributed by atoms with Crippen LogP contribution in [0.1, 0.15) is 39.0 Å². The highest BCUT2D eigenvalue weighted by molar-refractivity contribution is 9.09. The minimum absolute atomic E-state index is 0.179. The van der Waals surface area contributed by atoms with Crippen molar-refractivity contribution in [1.29, 1.82) is 0 Å². The fourth-order valence-corrected chi connectivity index (χ4v) is 2.66. The second kappa shape index (κ2) is 6.81. The lowest BCUT2D eigenvalue weighted by Gasteiger charge is -2.30. The summed E-state index contributed by atoms with van der Waals surface area (Å²) >= 11 is 3.59. The molecule has 3 heteroatoms. The van der Waals surface area contributed by atoms with Gasteiger partial charge in [-0.05, 0) is 32.4 Å². The van der Waals surface area contributed by atoms with Crippen LogP contribution in [0, 0.1) is 0 Å². The van der Waals surface area contributed by atoms with E-state index in [4.69, 9.17) is 0 Å². The average molecular weight is 264 g/mol. The Labute approximate surface area is 95.8 Å². The van der Waals surface area contributed by atoms with Gasteiger partial charge in [-0.15, -0.1) is 0 Å². The number of aliphatic hydroxyl groups excluding tert-OH is 1. The summed E-state index contributed by atoms with van der Waals surface area (Å²) in [5.74, 6) is 0. The van der Waals surface area contributed by atoms with Crippen LogP contribution >= 0.6 is 15.9 Å². The van der Waals surface area contributed by atoms with Crippen molar-refractivity contribution in [3.05, 3.63) is 0 Å². The number of aliphatic hydroxyl groups is 1. The molecule has 2 nitrogen and oxygen atoms in total. The molecule has 0 aromatic carbocycles. The number of halogens is 1. The molecule has 0 aliphatic carbocycles. The monoisotopic (exact) mass is 263 g/mol. The number of alkyl halides is 1. The summed E-state index contributed by atoms with van der Waals surface area (Å²) in [6.07, 6.45) is 5.81. The predicted octanol–water partition coefficient (Wildman–Crippen LogP) is 2.40. The van der Waals surface area contributed by atoms with Gasteiger partial charge in [-0.2, -0.15) is 0 Å². The summed E-state index contributed by atoms with van der Waals surface area (Å²) in [5, 5.41) is 9.77. The fraction of sp³-hybridized carbons (Fsp3) is 1.00. The molecule has 0 radical (unpaired) electrons. The third kappa shape index (κ3) is 4.28. The molecule has 1 aliphatic rings. The van der Waals surface area contributed by atoms with Crippen molar-refractivity contribution in [1.82, 2.24) is 4.90 Å². The Bertz CT molecular complexity index is 148. The fourth-order valence-electron chi connectivity index (χ4n) is 1.99. The van der Waals surface area contributed by atoms with Crippen molar-refractivity contribution in [3.8, 4) is 0 Å². The molecule has 2 atom stereocenters. The molecule has 1 N–H and O–H groups in total. The zero-order chi connectivity index (χ0) is 10.4. The quantitative estimate of drug-likeness (QED) is 0.771. The molecule has 0 amide bonds. The molecular formula is C11H22BrNO. The molecule has 0 aromatic rings. The van der Waals surface area contributed by atoms with Crippen LogP contribution in [-0.2, 0) is 0 Å². The Hall–Kier alpha value is 0.400. The zero-order valence-corrected chi connectivity index (χ0v) is 10.7. The lowest BCUT2D eigenvalue weighted by Crippen LogP contribution is -2.38. The Morgan fingerprint density at radius 2 is 1.93 bits per heavy atom. The van der Waals surface area contributed by atoms with Gasteiger partial charge in [0.05, 0.1) is 10.9 Å². The molecule has 1 fully saturated rings. The van der Waals surface area contributed by atoms with Crippen LogP contribution in [0.4, 0.5) is 0 Å². The summed E-state index contributed by atoms with van der Waals surface area (Å²) in [6.45, 7) is 5.53. The van der Waals surface area contributed by atoms with Crippen molar-refractivity contribution in [2.45, 2.75) is 50.0 Å². The van der Waals surface area contributed by atoms with E-state index < -0.39 is 0 Å². The van der Waals surface area contributed by atoms with Crippen molar-refractivity contribution >= 4 is 15.9 Å². The molecule has 1 saturated heterocycles. The van der Waals surface area contributed by atoms with Gasteiger partial charge in [0, 0.05) is 6.54 Å². The Balaban J connectivity index is 2.20. The van der Waals surface area contributed by atoms with E-state index in [2.05, 4.69) is 27.8 Å². The molecule has 1 rings (SSSR count). The van der Waals surface area contributed by atoms with Gasteiger partial charge >= 0.3 is 0 Å². The smallest absolute Gasteiger partial charge is 0.0677 e. The maximum atomic E-state index is 9.77. The predicted molar refractivity (Wildman–Crippen MR) is 63.9 cm³/mol. The van der Waals surface area contributed by atoms with Crippen molar-refractivity contribution in [2.75, 3.05) is 19.6 Å². The molecule has 84 valence electrons. The lowest BCUT2D eigenvalue weighted by atomic mass is 10.1. The largest absolute Gasteiger partial charge is 0.392 e. The van der Waals surface area contributed by atoms with Gasteiger partial charge in [0.25, 0.3) is 0 Å². The summed E-state index contributed by atoms with van der Waals surface area (Å²) in [7, 11) is 0. The van der Waals surface area contributed by atoms with Crippen LogP contribution < -0.4 is 0 Å². The third-order valence-corrected chi connectivity index (χ3v) is 3.78. The topological polar surface area (TPSA) is 23.5 Å². The average Bonchev–Trinajstić information content (AvgIpc) is 2.19. The number of likely N-dealkylation sites (tertiary alicyclic amines) is 1. The van der Waals surface area contributed by atoms with Crippen molar-refractivity contribution < 1.29 is 5.11 Å². The first kappa shape index (κ1) is 12.5. The Kier molecular flexibility index (Phi) is 6.06. The first-order valence-electron chi connectivity index (χ1n) is 5.78. The first-order valence-corrected chi connectivity index (χ1v) is 6.70. The molecule has 0 saturated carbocycles. The normalized spacial score (nSPS) is 23.4. The molecule has 0 bridgehead atoms. The van der Waals surface area contributed by atoms with Crippen LogP contribution in [0.3, 0.4) is 0 Å². The molecule has 0 spiro atoms. The van der Waals surface area contributed by atoms with Crippen LogP contribution in [0.2, 0.25) is 0 Å². The molecule has 0 unspecified atom stereocenters. The van der Waals surface area contributed by atoms with E-state index in [0.717, 1.165) is 19.4 Å². The van der Waals surface area contributed by atoms with E-state index >= 15 is 0 Å². The summed E-state index contributed by atoms with van der Waals surface area (Å²) in [4.78, 5) is 2.71. The summed E-state index contributed by atoms with van der Waals surface area (Å²) in [6, 6.07) is 0. The van der Waals surface area contributed by atoms with Crippen molar-refractivity contribution in [3.63, 3.8) is 0 Å². The zero-order valence-electron chi connectivity index (χ0n) is 9.08. The number of nitrogens with zero attached hydrogens (tertiary/aromatic N) is 1. The summed E-state index contributed by atoms with van der Waals surface area (Å²) in [5.41, 5.74) is 0. The Morgan fingerprint density at radius 3 is 2.50 bits per heavy atom. The maximum Gasteiger partial charge on any atom is 0.0677 e. The number of piperidine rings is 1. The van der Waals surface area contributed by atoms with Gasteiger partial charge < -0.3 is 10.0 Å². The van der Waals surface area contributed by atoms with Crippen LogP contribution in [0.25, 0.3) is 0 Å². The lowest BCUT2D eigenvalue weighted by molar-refractivity contribution is 0.133. The SMILES string of the molecule is CCC[C@@H](O)[C@@H](Br)CN1CCCCC1. The van der Waals surface area contributed by atoms with Crippen LogP contribution in [-0.4, -0.2) is 40.6 Å². The number of hydrogen-bond acceptors (Lipinski definition) is 2. The van der Waals surface area contributed by atoms with E-state index in [1.807, 2.05) is 0 Å². The highest BCUT2D eigenvalue weighted by atomic mass is 79.9. The van der Waals surface area contributed by atoms with E-state index in [9.17, 15) is 5.11 Å². The molecule has 1 heterocycles. The number of hydrogen-bond donors (Lipinski definition) is 1. The molecule has 14 heavy (non-hydrogen) atoms. The summed E-state index contributed by atoms with van der Waals surface area (Å²) < 4.78 is 0. The van der Waals surface area contributed by atoms with E-state index in [1.54, 1.807) is 0 Å². The maximum absolute atomic E-state index is 9.77. The minimum atomic E-state index is -0.179. The minimum Gasteiger partial charge on any atom is -0.392 e. The van der Waals surface area contributed by atoms with E-state index in [-0.39, 0.29) is 10.9 Å². The highest BCUT2D eigenvalue weighted by Gasteiger charge is 2.19. The second-order valence-corrected chi connectivity index (χ2v) is 5.41. The van der Waals surface area contributed by atoms with Crippen LogP contribution in [0.15, 0.2) is 0 Å².